The smallest absolute Gasteiger partial charge is 0.254 e. The van der Waals surface area contributed by atoms with Crippen LogP contribution in [0.2, 0.25) is 0 Å². The molecule has 0 bridgehead atoms. The van der Waals surface area contributed by atoms with Crippen molar-refractivity contribution in [1.29, 1.82) is 0 Å². The second kappa shape index (κ2) is 2.13. The van der Waals surface area contributed by atoms with Crippen molar-refractivity contribution in [1.82, 2.24) is 5.90 Å². The molecule has 0 N–H and O–H groups in total. The zero-order chi connectivity index (χ0) is 5.91. The molecule has 0 aromatic heterocycles. The molecule has 0 spiro atoms. The van der Waals surface area contributed by atoms with E-state index in [9.17, 15) is 13.2 Å². The Morgan fingerprint density at radius 3 is 1.86 bits per heavy atom. The van der Waals surface area contributed by atoms with E-state index in [1.807, 2.05) is 0 Å². The van der Waals surface area contributed by atoms with E-state index in [0.29, 0.717) is 0 Å². The maximum atomic E-state index is 10.8. The Hall–Kier alpha value is -0.290. The summed E-state index contributed by atoms with van der Waals surface area (Å²) in [5, 5.41) is 0. The molecule has 2 radical (unpaired) electrons. The Morgan fingerprint density at radius 2 is 1.86 bits per heavy atom. The molecule has 7 heavy (non-hydrogen) atoms. The van der Waals surface area contributed by atoms with E-state index < -0.39 is 12.8 Å². The minimum Gasteiger partial charge on any atom is -0.254 e. The van der Waals surface area contributed by atoms with Crippen LogP contribution >= 0.6 is 0 Å². The van der Waals surface area contributed by atoms with Crippen molar-refractivity contribution in [2.45, 2.75) is 6.18 Å². The first-order valence-corrected chi connectivity index (χ1v) is 1.39. The van der Waals surface area contributed by atoms with Crippen LogP contribution < -0.4 is 5.90 Å². The fraction of sp³-hybridized carbons (Fsp3) is 1.00. The Bertz CT molecular complexity index is 51.4. The summed E-state index contributed by atoms with van der Waals surface area (Å²) in [6, 6.07) is 0. The van der Waals surface area contributed by atoms with Crippen molar-refractivity contribution in [2.75, 3.05) is 6.61 Å². The van der Waals surface area contributed by atoms with Gasteiger partial charge in [0.1, 0.15) is 0 Å². The molecule has 0 aliphatic heterocycles. The fourth-order valence-electron chi connectivity index (χ4n) is 0.0732. The second-order valence-corrected chi connectivity index (χ2v) is 0.889. The van der Waals surface area contributed by atoms with E-state index in [0.717, 1.165) is 0 Å². The highest BCUT2D eigenvalue weighted by molar-refractivity contribution is 4.41. The van der Waals surface area contributed by atoms with Gasteiger partial charge in [-0.3, -0.25) is 4.84 Å². The lowest BCUT2D eigenvalue weighted by molar-refractivity contribution is -0.177. The van der Waals surface area contributed by atoms with Crippen molar-refractivity contribution in [3.8, 4) is 0 Å². The van der Waals surface area contributed by atoms with Gasteiger partial charge in [0, 0.05) is 5.90 Å². The number of halogens is 3. The van der Waals surface area contributed by atoms with Gasteiger partial charge in [-0.1, -0.05) is 0 Å². The number of rotatable bonds is 1. The van der Waals surface area contributed by atoms with E-state index in [2.05, 4.69) is 4.84 Å². The molecule has 0 aliphatic carbocycles. The van der Waals surface area contributed by atoms with Gasteiger partial charge in [-0.05, 0) is 0 Å². The van der Waals surface area contributed by atoms with Crippen molar-refractivity contribution >= 4 is 0 Å². The average Bonchev–Trinajstić information content (AvgIpc) is 1.30. The highest BCUT2D eigenvalue weighted by Crippen LogP contribution is 2.12. The van der Waals surface area contributed by atoms with Crippen LogP contribution in [0, 0.1) is 0 Å². The Morgan fingerprint density at radius 1 is 1.43 bits per heavy atom. The first-order chi connectivity index (χ1) is 3.06. The number of nitrogens with zero attached hydrogens (tertiary/aromatic N) is 1. The molecule has 0 aliphatic rings. The number of hydrogen-bond acceptors (Lipinski definition) is 1. The summed E-state index contributed by atoms with van der Waals surface area (Å²) in [5.41, 5.74) is 0. The van der Waals surface area contributed by atoms with Crippen LogP contribution in [0.15, 0.2) is 0 Å². The summed E-state index contributed by atoms with van der Waals surface area (Å²) < 4.78 is 32.3. The van der Waals surface area contributed by atoms with E-state index in [1.54, 1.807) is 0 Å². The third-order valence-electron chi connectivity index (χ3n) is 0.228. The van der Waals surface area contributed by atoms with Crippen molar-refractivity contribution in [2.24, 2.45) is 0 Å². The Balaban J connectivity index is 3.15. The molecule has 0 rings (SSSR count). The largest absolute Gasteiger partial charge is 0.413 e. The zero-order valence-electron chi connectivity index (χ0n) is 3.20. The van der Waals surface area contributed by atoms with Crippen LogP contribution in [0.4, 0.5) is 13.2 Å². The molecular weight excluding hydrogens is 111 g/mol. The van der Waals surface area contributed by atoms with Gasteiger partial charge < -0.3 is 0 Å². The summed E-state index contributed by atoms with van der Waals surface area (Å²) >= 11 is 0. The molecule has 5 heteroatoms. The summed E-state index contributed by atoms with van der Waals surface area (Å²) in [6.45, 7) is -1.60. The standard InChI is InChI=1S/C2H2F3NO/c3-2(4,5)1-7-6/h1H2. The van der Waals surface area contributed by atoms with Gasteiger partial charge >= 0.3 is 6.18 Å². The van der Waals surface area contributed by atoms with Crippen molar-refractivity contribution in [3.63, 3.8) is 0 Å². The van der Waals surface area contributed by atoms with Gasteiger partial charge in [-0.25, -0.2) is 0 Å². The van der Waals surface area contributed by atoms with E-state index in [4.69, 9.17) is 5.90 Å². The first kappa shape index (κ1) is 6.71. The quantitative estimate of drug-likeness (QED) is 0.457. The van der Waals surface area contributed by atoms with Crippen molar-refractivity contribution in [3.05, 3.63) is 0 Å². The van der Waals surface area contributed by atoms with Gasteiger partial charge in [0.15, 0.2) is 6.61 Å². The highest BCUT2D eigenvalue weighted by Gasteiger charge is 2.27. The predicted octanol–water partition coefficient (Wildman–Crippen LogP) is 0.549. The normalized spacial score (nSPS) is 12.0. The molecule has 0 saturated carbocycles. The SMILES string of the molecule is [N]OCC(F)(F)F. The topological polar surface area (TPSA) is 31.5 Å². The molecule has 0 amide bonds. The summed E-state index contributed by atoms with van der Waals surface area (Å²) in [7, 11) is 0. The van der Waals surface area contributed by atoms with Crippen LogP contribution in [0.1, 0.15) is 0 Å². The maximum absolute atomic E-state index is 10.8. The highest BCUT2D eigenvalue weighted by atomic mass is 19.4. The molecule has 0 aromatic rings. The monoisotopic (exact) mass is 113 g/mol. The van der Waals surface area contributed by atoms with Gasteiger partial charge in [-0.15, -0.1) is 0 Å². The molecule has 0 atom stereocenters. The molecule has 42 valence electrons. The first-order valence-electron chi connectivity index (χ1n) is 1.39. The molecule has 0 aromatic carbocycles. The van der Waals surface area contributed by atoms with Crippen LogP contribution in [-0.4, -0.2) is 12.8 Å². The van der Waals surface area contributed by atoms with Crippen LogP contribution in [-0.2, 0) is 4.84 Å². The van der Waals surface area contributed by atoms with Gasteiger partial charge in [-0.2, -0.15) is 13.2 Å². The molecular formula is C2H2F3NO. The third kappa shape index (κ3) is 5.71. The minimum atomic E-state index is -4.42. The van der Waals surface area contributed by atoms with Crippen LogP contribution in [0.3, 0.4) is 0 Å². The predicted molar refractivity (Wildman–Crippen MR) is 14.1 cm³/mol. The van der Waals surface area contributed by atoms with Crippen LogP contribution in [0.5, 0.6) is 0 Å². The summed E-state index contributed by atoms with van der Waals surface area (Å²) in [4.78, 5) is 2.78. The fourth-order valence-corrected chi connectivity index (χ4v) is 0.0732. The average molecular weight is 113 g/mol. The van der Waals surface area contributed by atoms with Gasteiger partial charge in [0.05, 0.1) is 0 Å². The Kier molecular flexibility index (Phi) is 2.04. The summed E-state index contributed by atoms with van der Waals surface area (Å²) in [5.74, 6) is 7.18. The van der Waals surface area contributed by atoms with Gasteiger partial charge in [0.25, 0.3) is 0 Å². The minimum absolute atomic E-state index is 1.60. The van der Waals surface area contributed by atoms with Crippen LogP contribution in [0.25, 0.3) is 0 Å². The Labute approximate surface area is 38.0 Å². The second-order valence-electron chi connectivity index (χ2n) is 0.889. The van der Waals surface area contributed by atoms with E-state index in [-0.39, 0.29) is 0 Å². The molecule has 0 fully saturated rings. The molecule has 0 saturated heterocycles. The van der Waals surface area contributed by atoms with E-state index >= 15 is 0 Å². The van der Waals surface area contributed by atoms with Crippen molar-refractivity contribution < 1.29 is 18.0 Å². The third-order valence-corrected chi connectivity index (χ3v) is 0.228. The van der Waals surface area contributed by atoms with E-state index in [1.165, 1.54) is 0 Å². The summed E-state index contributed by atoms with van der Waals surface area (Å²) in [6.07, 6.45) is -4.42. The molecule has 0 heterocycles. The zero-order valence-corrected chi connectivity index (χ0v) is 3.20. The molecule has 0 unspecified atom stereocenters. The number of hydrogen-bond donors (Lipinski definition) is 0. The lowest BCUT2D eigenvalue weighted by Crippen LogP contribution is -2.15. The van der Waals surface area contributed by atoms with Gasteiger partial charge in [0.2, 0.25) is 0 Å². The number of alkyl halides is 3. The lowest BCUT2D eigenvalue weighted by Gasteiger charge is -1.98. The maximum Gasteiger partial charge on any atom is 0.413 e. The molecule has 2 nitrogen and oxygen atoms in total. The lowest BCUT2D eigenvalue weighted by atomic mass is 10.7.